The van der Waals surface area contributed by atoms with Crippen molar-refractivity contribution >= 4 is 29.0 Å². The average Bonchev–Trinajstić information content (AvgIpc) is 3.45. The van der Waals surface area contributed by atoms with E-state index in [4.69, 9.17) is 0 Å². The normalized spacial score (nSPS) is 16.0. The van der Waals surface area contributed by atoms with Crippen LogP contribution < -0.4 is 15.5 Å². The van der Waals surface area contributed by atoms with Crippen LogP contribution in [0, 0.1) is 12.8 Å². The quantitative estimate of drug-likeness (QED) is 0.866. The summed E-state index contributed by atoms with van der Waals surface area (Å²) in [5, 5.41) is 5.73. The fourth-order valence-electron chi connectivity index (χ4n) is 3.47. The van der Waals surface area contributed by atoms with Crippen molar-refractivity contribution < 1.29 is 9.59 Å². The van der Waals surface area contributed by atoms with Crippen molar-refractivity contribution in [3.8, 4) is 0 Å². The summed E-state index contributed by atoms with van der Waals surface area (Å²) in [4.78, 5) is 26.6. The summed E-state index contributed by atoms with van der Waals surface area (Å²) >= 11 is 0. The first-order valence-electron chi connectivity index (χ1n) is 9.19. The average molecular weight is 349 g/mol. The van der Waals surface area contributed by atoms with Crippen LogP contribution in [0.3, 0.4) is 0 Å². The highest BCUT2D eigenvalue weighted by molar-refractivity contribution is 6.01. The van der Waals surface area contributed by atoms with Gasteiger partial charge in [-0.05, 0) is 74.1 Å². The predicted octanol–water partition coefficient (Wildman–Crippen LogP) is 4.33. The standard InChI is InChI=1S/C21H23N3O2/c1-14-4-2-6-17(12-14)22-21(26)23-18-9-10-19-16(13-18)5-3-11-24(19)20(25)15-7-8-15/h2,4,6,9-10,12-13,15H,3,5,7-8,11H2,1H3,(H2,22,23,26). The van der Waals surface area contributed by atoms with Gasteiger partial charge in [0.05, 0.1) is 0 Å². The molecule has 0 saturated heterocycles. The van der Waals surface area contributed by atoms with E-state index in [9.17, 15) is 9.59 Å². The zero-order valence-corrected chi connectivity index (χ0v) is 14.9. The van der Waals surface area contributed by atoms with E-state index in [0.29, 0.717) is 0 Å². The van der Waals surface area contributed by atoms with Gasteiger partial charge in [-0.1, -0.05) is 12.1 Å². The molecule has 0 atom stereocenters. The molecule has 26 heavy (non-hydrogen) atoms. The molecule has 5 heteroatoms. The van der Waals surface area contributed by atoms with Crippen LogP contribution in [0.5, 0.6) is 0 Å². The molecule has 2 aromatic carbocycles. The first-order valence-corrected chi connectivity index (χ1v) is 9.19. The van der Waals surface area contributed by atoms with E-state index in [-0.39, 0.29) is 17.9 Å². The zero-order chi connectivity index (χ0) is 18.1. The van der Waals surface area contributed by atoms with E-state index in [1.807, 2.05) is 54.3 Å². The lowest BCUT2D eigenvalue weighted by Gasteiger charge is -2.30. The van der Waals surface area contributed by atoms with Gasteiger partial charge >= 0.3 is 6.03 Å². The van der Waals surface area contributed by atoms with Crippen LogP contribution in [0.4, 0.5) is 21.9 Å². The van der Waals surface area contributed by atoms with Crippen molar-refractivity contribution in [3.05, 3.63) is 53.6 Å². The van der Waals surface area contributed by atoms with Crippen LogP contribution in [0.2, 0.25) is 0 Å². The lowest BCUT2D eigenvalue weighted by Crippen LogP contribution is -2.36. The number of aryl methyl sites for hydroxylation is 2. The minimum absolute atomic E-state index is 0.221. The van der Waals surface area contributed by atoms with Gasteiger partial charge in [-0.3, -0.25) is 4.79 Å². The van der Waals surface area contributed by atoms with E-state index in [2.05, 4.69) is 10.6 Å². The molecule has 2 aromatic rings. The molecule has 0 radical (unpaired) electrons. The van der Waals surface area contributed by atoms with Gasteiger partial charge in [-0.15, -0.1) is 0 Å². The predicted molar refractivity (Wildman–Crippen MR) is 104 cm³/mol. The Bertz CT molecular complexity index is 858. The fourth-order valence-corrected chi connectivity index (χ4v) is 3.47. The molecule has 1 aliphatic carbocycles. The number of hydrogen-bond donors (Lipinski definition) is 2. The Morgan fingerprint density at radius 1 is 1.04 bits per heavy atom. The van der Waals surface area contributed by atoms with Crippen LogP contribution >= 0.6 is 0 Å². The molecule has 0 spiro atoms. The Hall–Kier alpha value is -2.82. The number of anilines is 3. The summed E-state index contributed by atoms with van der Waals surface area (Å²) in [6.45, 7) is 2.78. The van der Waals surface area contributed by atoms with Gasteiger partial charge in [-0.25, -0.2) is 4.79 Å². The lowest BCUT2D eigenvalue weighted by molar-refractivity contribution is -0.119. The van der Waals surface area contributed by atoms with Crippen LogP contribution in [0.1, 0.15) is 30.4 Å². The molecule has 4 rings (SSSR count). The van der Waals surface area contributed by atoms with Gasteiger partial charge in [0.2, 0.25) is 5.91 Å². The smallest absolute Gasteiger partial charge is 0.312 e. The third kappa shape index (κ3) is 3.57. The third-order valence-electron chi connectivity index (χ3n) is 4.92. The minimum atomic E-state index is -0.266. The van der Waals surface area contributed by atoms with E-state index in [0.717, 1.165) is 60.4 Å². The molecular formula is C21H23N3O2. The number of carbonyl (C=O) groups is 2. The van der Waals surface area contributed by atoms with Gasteiger partial charge in [-0.2, -0.15) is 0 Å². The molecule has 1 saturated carbocycles. The van der Waals surface area contributed by atoms with Crippen molar-refractivity contribution in [1.29, 1.82) is 0 Å². The molecule has 0 bridgehead atoms. The molecule has 5 nitrogen and oxygen atoms in total. The van der Waals surface area contributed by atoms with Gasteiger partial charge in [0.15, 0.2) is 0 Å². The van der Waals surface area contributed by atoms with Crippen LogP contribution in [0.15, 0.2) is 42.5 Å². The number of amides is 3. The number of urea groups is 1. The Kier molecular flexibility index (Phi) is 4.37. The summed E-state index contributed by atoms with van der Waals surface area (Å²) in [7, 11) is 0. The highest BCUT2D eigenvalue weighted by atomic mass is 16.2. The summed E-state index contributed by atoms with van der Waals surface area (Å²) < 4.78 is 0. The lowest BCUT2D eigenvalue weighted by atomic mass is 10.0. The van der Waals surface area contributed by atoms with Crippen LogP contribution in [-0.4, -0.2) is 18.5 Å². The largest absolute Gasteiger partial charge is 0.323 e. The van der Waals surface area contributed by atoms with Gasteiger partial charge < -0.3 is 15.5 Å². The number of fused-ring (bicyclic) bond motifs is 1. The SMILES string of the molecule is Cc1cccc(NC(=O)Nc2ccc3c(c2)CCCN3C(=O)C2CC2)c1. The molecular weight excluding hydrogens is 326 g/mol. The number of nitrogens with one attached hydrogen (secondary N) is 2. The van der Waals surface area contributed by atoms with Gasteiger partial charge in [0.1, 0.15) is 0 Å². The van der Waals surface area contributed by atoms with E-state index >= 15 is 0 Å². The molecule has 2 N–H and O–H groups in total. The Balaban J connectivity index is 1.46. The highest BCUT2D eigenvalue weighted by Crippen LogP contribution is 2.36. The number of rotatable bonds is 3. The van der Waals surface area contributed by atoms with Crippen LogP contribution in [0.25, 0.3) is 0 Å². The number of hydrogen-bond acceptors (Lipinski definition) is 2. The molecule has 1 aliphatic heterocycles. The third-order valence-corrected chi connectivity index (χ3v) is 4.92. The molecule has 2 aliphatic rings. The Morgan fingerprint density at radius 3 is 2.54 bits per heavy atom. The summed E-state index contributed by atoms with van der Waals surface area (Å²) in [5.41, 5.74) is 4.73. The fraction of sp³-hybridized carbons (Fsp3) is 0.333. The van der Waals surface area contributed by atoms with E-state index < -0.39 is 0 Å². The zero-order valence-electron chi connectivity index (χ0n) is 14.9. The number of benzene rings is 2. The molecule has 0 unspecified atom stereocenters. The number of carbonyl (C=O) groups excluding carboxylic acids is 2. The second-order valence-electron chi connectivity index (χ2n) is 7.16. The first kappa shape index (κ1) is 16.6. The molecule has 134 valence electrons. The van der Waals surface area contributed by atoms with Crippen molar-refractivity contribution in [2.45, 2.75) is 32.6 Å². The Morgan fingerprint density at radius 2 is 1.81 bits per heavy atom. The van der Waals surface area contributed by atoms with E-state index in [1.54, 1.807) is 0 Å². The maximum atomic E-state index is 12.5. The summed E-state index contributed by atoms with van der Waals surface area (Å²) in [5.74, 6) is 0.475. The number of nitrogens with zero attached hydrogens (tertiary/aromatic N) is 1. The summed E-state index contributed by atoms with van der Waals surface area (Å²) in [6.07, 6.45) is 3.93. The molecule has 1 fully saturated rings. The minimum Gasteiger partial charge on any atom is -0.312 e. The first-order chi connectivity index (χ1) is 12.6. The topological polar surface area (TPSA) is 61.4 Å². The van der Waals surface area contributed by atoms with E-state index in [1.165, 1.54) is 0 Å². The maximum absolute atomic E-state index is 12.5. The maximum Gasteiger partial charge on any atom is 0.323 e. The van der Waals surface area contributed by atoms with Crippen molar-refractivity contribution in [1.82, 2.24) is 0 Å². The second kappa shape index (κ2) is 6.83. The second-order valence-corrected chi connectivity index (χ2v) is 7.16. The highest BCUT2D eigenvalue weighted by Gasteiger charge is 2.35. The molecule has 0 aromatic heterocycles. The Labute approximate surface area is 153 Å². The van der Waals surface area contributed by atoms with Crippen molar-refractivity contribution in [2.75, 3.05) is 22.1 Å². The molecule has 1 heterocycles. The van der Waals surface area contributed by atoms with Gasteiger partial charge in [0.25, 0.3) is 0 Å². The molecule has 3 amide bonds. The van der Waals surface area contributed by atoms with Gasteiger partial charge in [0, 0.05) is 29.5 Å². The summed E-state index contributed by atoms with van der Waals surface area (Å²) in [6, 6.07) is 13.2. The van der Waals surface area contributed by atoms with Crippen molar-refractivity contribution in [2.24, 2.45) is 5.92 Å². The van der Waals surface area contributed by atoms with Crippen LogP contribution in [-0.2, 0) is 11.2 Å². The monoisotopic (exact) mass is 349 g/mol. The van der Waals surface area contributed by atoms with Crippen molar-refractivity contribution in [3.63, 3.8) is 0 Å².